The first-order chi connectivity index (χ1) is 10.0. The zero-order chi connectivity index (χ0) is 15.0. The average molecular weight is 288 g/mol. The van der Waals surface area contributed by atoms with Gasteiger partial charge in [0.1, 0.15) is 5.82 Å². The highest BCUT2D eigenvalue weighted by molar-refractivity contribution is 5.75. The minimum Gasteiger partial charge on any atom is -0.481 e. The third-order valence-corrected chi connectivity index (χ3v) is 4.52. The van der Waals surface area contributed by atoms with Gasteiger partial charge in [0.25, 0.3) is 5.78 Å². The van der Waals surface area contributed by atoms with E-state index in [1.807, 2.05) is 24.3 Å². The van der Waals surface area contributed by atoms with Gasteiger partial charge in [-0.1, -0.05) is 19.3 Å². The number of aromatic nitrogens is 4. The molecule has 1 fully saturated rings. The molecule has 2 heterocycles. The Morgan fingerprint density at radius 2 is 2.00 bits per heavy atom. The third kappa shape index (κ3) is 2.39. The first-order valence-corrected chi connectivity index (χ1v) is 7.43. The third-order valence-electron chi connectivity index (χ3n) is 4.52. The summed E-state index contributed by atoms with van der Waals surface area (Å²) in [5.74, 6) is 0.551. The Kier molecular flexibility index (Phi) is 3.39. The Hall–Kier alpha value is -1.98. The Morgan fingerprint density at radius 1 is 1.29 bits per heavy atom. The van der Waals surface area contributed by atoms with Gasteiger partial charge in [-0.3, -0.25) is 9.20 Å². The number of aryl methyl sites for hydroxylation is 2. The van der Waals surface area contributed by atoms with Crippen LogP contribution in [0.15, 0.2) is 6.07 Å². The van der Waals surface area contributed by atoms with E-state index in [4.69, 9.17) is 0 Å². The molecule has 1 aliphatic rings. The molecule has 0 unspecified atom stereocenters. The molecule has 0 aliphatic heterocycles. The van der Waals surface area contributed by atoms with Crippen molar-refractivity contribution in [3.05, 3.63) is 23.3 Å². The Balaban J connectivity index is 2.02. The van der Waals surface area contributed by atoms with Crippen LogP contribution in [0.2, 0.25) is 0 Å². The maximum Gasteiger partial charge on any atom is 0.310 e. The number of rotatable bonds is 3. The van der Waals surface area contributed by atoms with E-state index < -0.39 is 11.4 Å². The molecular formula is C15H20N4O2. The van der Waals surface area contributed by atoms with Crippen LogP contribution in [0.4, 0.5) is 0 Å². The van der Waals surface area contributed by atoms with Gasteiger partial charge >= 0.3 is 5.97 Å². The van der Waals surface area contributed by atoms with E-state index in [1.54, 1.807) is 0 Å². The molecule has 2 aromatic heterocycles. The van der Waals surface area contributed by atoms with Crippen LogP contribution in [0.5, 0.6) is 0 Å². The first kappa shape index (κ1) is 14.0. The second kappa shape index (κ2) is 5.09. The molecule has 0 bridgehead atoms. The number of fused-ring (bicyclic) bond motifs is 1. The highest BCUT2D eigenvalue weighted by atomic mass is 16.4. The van der Waals surface area contributed by atoms with Gasteiger partial charge in [-0.25, -0.2) is 4.98 Å². The van der Waals surface area contributed by atoms with Gasteiger partial charge < -0.3 is 5.11 Å². The highest BCUT2D eigenvalue weighted by Crippen LogP contribution is 2.39. The zero-order valence-corrected chi connectivity index (χ0v) is 12.5. The molecule has 0 saturated heterocycles. The molecule has 0 radical (unpaired) electrons. The van der Waals surface area contributed by atoms with E-state index in [2.05, 4.69) is 15.2 Å². The number of carboxylic acid groups (broad SMARTS) is 1. The molecule has 21 heavy (non-hydrogen) atoms. The van der Waals surface area contributed by atoms with Crippen molar-refractivity contribution in [2.45, 2.75) is 52.4 Å². The summed E-state index contributed by atoms with van der Waals surface area (Å²) >= 11 is 0. The number of aliphatic carboxylic acids is 1. The lowest BCUT2D eigenvalue weighted by Gasteiger charge is -2.32. The van der Waals surface area contributed by atoms with Crippen molar-refractivity contribution in [1.29, 1.82) is 0 Å². The van der Waals surface area contributed by atoms with Crippen LogP contribution in [0.3, 0.4) is 0 Å². The molecule has 1 aliphatic carbocycles. The standard InChI is InChI=1S/C15H20N4O2/c1-10-8-11(2)19-12(17-18-14(19)16-10)9-15(13(20)21)6-4-3-5-7-15/h8H,3-7,9H2,1-2H3,(H,20,21). The molecule has 1 N–H and O–H groups in total. The molecule has 2 aromatic rings. The maximum atomic E-state index is 11.8. The molecule has 112 valence electrons. The van der Waals surface area contributed by atoms with Crippen molar-refractivity contribution in [2.75, 3.05) is 0 Å². The van der Waals surface area contributed by atoms with Crippen molar-refractivity contribution in [3.8, 4) is 0 Å². The van der Waals surface area contributed by atoms with Crippen LogP contribution in [-0.4, -0.2) is 30.7 Å². The maximum absolute atomic E-state index is 11.8. The fourth-order valence-electron chi connectivity index (χ4n) is 3.41. The van der Waals surface area contributed by atoms with E-state index in [1.165, 1.54) is 0 Å². The second-order valence-corrected chi connectivity index (χ2v) is 6.11. The fraction of sp³-hybridized carbons (Fsp3) is 0.600. The van der Waals surface area contributed by atoms with Crippen molar-refractivity contribution in [3.63, 3.8) is 0 Å². The van der Waals surface area contributed by atoms with Crippen LogP contribution < -0.4 is 0 Å². The predicted molar refractivity (Wildman–Crippen MR) is 77.1 cm³/mol. The van der Waals surface area contributed by atoms with Crippen molar-refractivity contribution >= 4 is 11.7 Å². The smallest absolute Gasteiger partial charge is 0.310 e. The summed E-state index contributed by atoms with van der Waals surface area (Å²) in [7, 11) is 0. The zero-order valence-electron chi connectivity index (χ0n) is 12.5. The molecule has 3 rings (SSSR count). The molecule has 0 aromatic carbocycles. The van der Waals surface area contributed by atoms with Gasteiger partial charge in [0.2, 0.25) is 0 Å². The summed E-state index contributed by atoms with van der Waals surface area (Å²) in [5, 5.41) is 18.0. The van der Waals surface area contributed by atoms with Crippen molar-refractivity contribution in [2.24, 2.45) is 5.41 Å². The topological polar surface area (TPSA) is 80.4 Å². The van der Waals surface area contributed by atoms with Gasteiger partial charge in [0, 0.05) is 17.8 Å². The SMILES string of the molecule is Cc1cc(C)n2c(CC3(C(=O)O)CCCCC3)nnc2n1. The van der Waals surface area contributed by atoms with Crippen molar-refractivity contribution < 1.29 is 9.90 Å². The summed E-state index contributed by atoms with van der Waals surface area (Å²) in [4.78, 5) is 16.2. The Labute approximate surface area is 123 Å². The molecule has 0 atom stereocenters. The van der Waals surface area contributed by atoms with Crippen molar-refractivity contribution in [1.82, 2.24) is 19.6 Å². The number of carboxylic acids is 1. The predicted octanol–water partition coefficient (Wildman–Crippen LogP) is 2.32. The average Bonchev–Trinajstić information content (AvgIpc) is 2.82. The monoisotopic (exact) mass is 288 g/mol. The molecule has 0 amide bonds. The van der Waals surface area contributed by atoms with E-state index in [0.29, 0.717) is 18.0 Å². The van der Waals surface area contributed by atoms with E-state index in [0.717, 1.165) is 43.5 Å². The number of hydrogen-bond acceptors (Lipinski definition) is 4. The Morgan fingerprint density at radius 3 is 2.67 bits per heavy atom. The fourth-order valence-corrected chi connectivity index (χ4v) is 3.41. The van der Waals surface area contributed by atoms with Crippen LogP contribution in [0, 0.1) is 19.3 Å². The molecule has 6 heteroatoms. The quantitative estimate of drug-likeness (QED) is 0.937. The largest absolute Gasteiger partial charge is 0.481 e. The van der Waals surface area contributed by atoms with Gasteiger partial charge in [-0.05, 0) is 32.8 Å². The second-order valence-electron chi connectivity index (χ2n) is 6.11. The molecule has 6 nitrogen and oxygen atoms in total. The van der Waals surface area contributed by atoms with Gasteiger partial charge in [-0.15, -0.1) is 10.2 Å². The van der Waals surface area contributed by atoms with Crippen LogP contribution in [-0.2, 0) is 11.2 Å². The molecular weight excluding hydrogens is 268 g/mol. The van der Waals surface area contributed by atoms with Gasteiger partial charge in [-0.2, -0.15) is 0 Å². The highest BCUT2D eigenvalue weighted by Gasteiger charge is 2.41. The normalized spacial score (nSPS) is 18.0. The first-order valence-electron chi connectivity index (χ1n) is 7.43. The molecule has 0 spiro atoms. The minimum absolute atomic E-state index is 0.426. The lowest BCUT2D eigenvalue weighted by atomic mass is 9.71. The van der Waals surface area contributed by atoms with E-state index >= 15 is 0 Å². The van der Waals surface area contributed by atoms with Crippen LogP contribution in [0.1, 0.15) is 49.3 Å². The van der Waals surface area contributed by atoms with E-state index in [9.17, 15) is 9.90 Å². The molecule has 1 saturated carbocycles. The van der Waals surface area contributed by atoms with Crippen LogP contribution >= 0.6 is 0 Å². The minimum atomic E-state index is -0.711. The summed E-state index contributed by atoms with van der Waals surface area (Å²) in [5.41, 5.74) is 1.19. The van der Waals surface area contributed by atoms with Crippen LogP contribution in [0.25, 0.3) is 5.78 Å². The lowest BCUT2D eigenvalue weighted by Crippen LogP contribution is -2.36. The number of carbonyl (C=O) groups is 1. The number of nitrogens with zero attached hydrogens (tertiary/aromatic N) is 4. The summed E-state index contributed by atoms with van der Waals surface area (Å²) < 4.78 is 1.88. The van der Waals surface area contributed by atoms with Gasteiger partial charge in [0.05, 0.1) is 5.41 Å². The number of hydrogen-bond donors (Lipinski definition) is 1. The van der Waals surface area contributed by atoms with Gasteiger partial charge in [0.15, 0.2) is 0 Å². The summed E-state index contributed by atoms with van der Waals surface area (Å²) in [6, 6.07) is 1.97. The Bertz CT molecular complexity index is 686. The van der Waals surface area contributed by atoms with E-state index in [-0.39, 0.29) is 0 Å². The lowest BCUT2D eigenvalue weighted by molar-refractivity contribution is -0.151. The summed E-state index contributed by atoms with van der Waals surface area (Å²) in [6.45, 7) is 3.89. The summed E-state index contributed by atoms with van der Waals surface area (Å²) in [6.07, 6.45) is 4.92.